The zero-order chi connectivity index (χ0) is 12.1. The van der Waals surface area contributed by atoms with Crippen molar-refractivity contribution in [3.05, 3.63) is 35.4 Å². The summed E-state index contributed by atoms with van der Waals surface area (Å²) in [6.07, 6.45) is 1.07. The smallest absolute Gasteiger partial charge is 0.0594 e. The molecule has 2 rings (SSSR count). The molecule has 2 N–H and O–H groups in total. The van der Waals surface area contributed by atoms with Crippen molar-refractivity contribution in [1.82, 2.24) is 4.90 Å². The van der Waals surface area contributed by atoms with Gasteiger partial charge in [-0.2, -0.15) is 0 Å². The third-order valence-electron chi connectivity index (χ3n) is 3.50. The number of nitrogens with two attached hydrogens (primary N) is 1. The molecule has 1 saturated heterocycles. The molecule has 1 aliphatic rings. The van der Waals surface area contributed by atoms with Crippen LogP contribution in [0, 0.1) is 0 Å². The van der Waals surface area contributed by atoms with Crippen molar-refractivity contribution >= 4 is 0 Å². The third kappa shape index (κ3) is 2.86. The van der Waals surface area contributed by atoms with Gasteiger partial charge in [0.05, 0.1) is 13.2 Å². The van der Waals surface area contributed by atoms with Crippen LogP contribution in [0.2, 0.25) is 0 Å². The minimum absolute atomic E-state index is 0.343. The average Bonchev–Trinajstić information content (AvgIpc) is 2.41. The lowest BCUT2D eigenvalue weighted by atomic mass is 9.97. The van der Waals surface area contributed by atoms with Crippen molar-refractivity contribution in [1.29, 1.82) is 0 Å². The minimum atomic E-state index is 0.343. The van der Waals surface area contributed by atoms with E-state index < -0.39 is 0 Å². The lowest BCUT2D eigenvalue weighted by molar-refractivity contribution is 0.0177. The van der Waals surface area contributed by atoms with E-state index in [0.717, 1.165) is 32.7 Å². The van der Waals surface area contributed by atoms with Crippen LogP contribution in [0.1, 0.15) is 24.1 Å². The molecule has 0 saturated carbocycles. The predicted molar refractivity (Wildman–Crippen MR) is 70.0 cm³/mol. The van der Waals surface area contributed by atoms with Crippen molar-refractivity contribution in [3.63, 3.8) is 0 Å². The molecule has 0 aromatic heterocycles. The van der Waals surface area contributed by atoms with Gasteiger partial charge in [0, 0.05) is 25.7 Å². The SMILES string of the molecule is CCc1ccccc1C(CN)N1CCOCC1. The Balaban J connectivity index is 2.21. The fourth-order valence-corrected chi connectivity index (χ4v) is 2.54. The van der Waals surface area contributed by atoms with Gasteiger partial charge in [-0.3, -0.25) is 4.90 Å². The van der Waals surface area contributed by atoms with E-state index in [0.29, 0.717) is 12.6 Å². The number of hydrogen-bond acceptors (Lipinski definition) is 3. The second kappa shape index (κ2) is 6.15. The second-order valence-electron chi connectivity index (χ2n) is 4.45. The Morgan fingerprint density at radius 2 is 2.00 bits per heavy atom. The maximum atomic E-state index is 5.98. The van der Waals surface area contributed by atoms with Gasteiger partial charge in [0.15, 0.2) is 0 Å². The number of nitrogens with zero attached hydrogens (tertiary/aromatic N) is 1. The Kier molecular flexibility index (Phi) is 4.54. The molecule has 1 fully saturated rings. The highest BCUT2D eigenvalue weighted by atomic mass is 16.5. The third-order valence-corrected chi connectivity index (χ3v) is 3.50. The first-order chi connectivity index (χ1) is 8.36. The van der Waals surface area contributed by atoms with Crippen LogP contribution < -0.4 is 5.73 Å². The molecule has 94 valence electrons. The first-order valence-electron chi connectivity index (χ1n) is 6.46. The molecule has 0 aliphatic carbocycles. The second-order valence-corrected chi connectivity index (χ2v) is 4.45. The number of morpholine rings is 1. The van der Waals surface area contributed by atoms with Crippen LogP contribution in [-0.2, 0) is 11.2 Å². The van der Waals surface area contributed by atoms with Crippen molar-refractivity contribution in [2.75, 3.05) is 32.8 Å². The number of hydrogen-bond donors (Lipinski definition) is 1. The molecule has 1 heterocycles. The Hall–Kier alpha value is -0.900. The first-order valence-corrected chi connectivity index (χ1v) is 6.46. The standard InChI is InChI=1S/C14H22N2O/c1-2-12-5-3-4-6-13(12)14(11-15)16-7-9-17-10-8-16/h3-6,14H,2,7-11,15H2,1H3. The van der Waals surface area contributed by atoms with Crippen molar-refractivity contribution in [2.24, 2.45) is 5.73 Å². The molecule has 1 atom stereocenters. The Morgan fingerprint density at radius 3 is 2.65 bits per heavy atom. The molecule has 0 radical (unpaired) electrons. The molecular weight excluding hydrogens is 212 g/mol. The molecule has 0 bridgehead atoms. The zero-order valence-electron chi connectivity index (χ0n) is 10.6. The number of aryl methyl sites for hydroxylation is 1. The summed E-state index contributed by atoms with van der Waals surface area (Å²) in [6, 6.07) is 8.98. The van der Waals surface area contributed by atoms with Crippen LogP contribution in [0.25, 0.3) is 0 Å². The molecular formula is C14H22N2O. The topological polar surface area (TPSA) is 38.5 Å². The molecule has 1 unspecified atom stereocenters. The van der Waals surface area contributed by atoms with E-state index in [1.54, 1.807) is 0 Å². The van der Waals surface area contributed by atoms with Gasteiger partial charge >= 0.3 is 0 Å². The molecule has 0 amide bonds. The van der Waals surface area contributed by atoms with E-state index in [4.69, 9.17) is 10.5 Å². The molecule has 1 aromatic rings. The highest BCUT2D eigenvalue weighted by Gasteiger charge is 2.22. The van der Waals surface area contributed by atoms with Gasteiger partial charge in [-0.25, -0.2) is 0 Å². The normalized spacial score (nSPS) is 19.2. The molecule has 1 aromatic carbocycles. The van der Waals surface area contributed by atoms with E-state index >= 15 is 0 Å². The van der Waals surface area contributed by atoms with E-state index in [-0.39, 0.29) is 0 Å². The molecule has 3 heteroatoms. The number of ether oxygens (including phenoxy) is 1. The van der Waals surface area contributed by atoms with Gasteiger partial charge < -0.3 is 10.5 Å². The summed E-state index contributed by atoms with van der Waals surface area (Å²) < 4.78 is 5.40. The fourth-order valence-electron chi connectivity index (χ4n) is 2.54. The summed E-state index contributed by atoms with van der Waals surface area (Å²) in [5, 5.41) is 0. The van der Waals surface area contributed by atoms with Crippen LogP contribution in [-0.4, -0.2) is 37.7 Å². The first kappa shape index (κ1) is 12.6. The summed E-state index contributed by atoms with van der Waals surface area (Å²) in [7, 11) is 0. The largest absolute Gasteiger partial charge is 0.379 e. The molecule has 3 nitrogen and oxygen atoms in total. The maximum absolute atomic E-state index is 5.98. The van der Waals surface area contributed by atoms with Crippen LogP contribution >= 0.6 is 0 Å². The highest BCUT2D eigenvalue weighted by molar-refractivity contribution is 5.30. The van der Waals surface area contributed by atoms with Crippen LogP contribution in [0.4, 0.5) is 0 Å². The van der Waals surface area contributed by atoms with Crippen LogP contribution in [0.15, 0.2) is 24.3 Å². The van der Waals surface area contributed by atoms with Gasteiger partial charge in [0.1, 0.15) is 0 Å². The lowest BCUT2D eigenvalue weighted by Gasteiger charge is -2.35. The van der Waals surface area contributed by atoms with Crippen molar-refractivity contribution in [2.45, 2.75) is 19.4 Å². The quantitative estimate of drug-likeness (QED) is 0.859. The molecule has 0 spiro atoms. The van der Waals surface area contributed by atoms with E-state index in [1.165, 1.54) is 11.1 Å². The van der Waals surface area contributed by atoms with Gasteiger partial charge in [-0.15, -0.1) is 0 Å². The zero-order valence-corrected chi connectivity index (χ0v) is 10.6. The fraction of sp³-hybridized carbons (Fsp3) is 0.571. The van der Waals surface area contributed by atoms with Crippen molar-refractivity contribution in [3.8, 4) is 0 Å². The maximum Gasteiger partial charge on any atom is 0.0594 e. The minimum Gasteiger partial charge on any atom is -0.379 e. The van der Waals surface area contributed by atoms with Crippen molar-refractivity contribution < 1.29 is 4.74 Å². The van der Waals surface area contributed by atoms with E-state index in [9.17, 15) is 0 Å². The Labute approximate surface area is 104 Å². The van der Waals surface area contributed by atoms with Gasteiger partial charge in [0.2, 0.25) is 0 Å². The van der Waals surface area contributed by atoms with Crippen LogP contribution in [0.5, 0.6) is 0 Å². The lowest BCUT2D eigenvalue weighted by Crippen LogP contribution is -2.42. The summed E-state index contributed by atoms with van der Waals surface area (Å²) >= 11 is 0. The highest BCUT2D eigenvalue weighted by Crippen LogP contribution is 2.24. The summed E-state index contributed by atoms with van der Waals surface area (Å²) in [5.74, 6) is 0. The Morgan fingerprint density at radius 1 is 1.29 bits per heavy atom. The number of rotatable bonds is 4. The van der Waals surface area contributed by atoms with Crippen LogP contribution in [0.3, 0.4) is 0 Å². The number of benzene rings is 1. The summed E-state index contributed by atoms with van der Waals surface area (Å²) in [4.78, 5) is 2.44. The van der Waals surface area contributed by atoms with Gasteiger partial charge in [0.25, 0.3) is 0 Å². The Bertz CT molecular complexity index is 348. The van der Waals surface area contributed by atoms with Gasteiger partial charge in [-0.05, 0) is 17.5 Å². The molecule has 1 aliphatic heterocycles. The monoisotopic (exact) mass is 234 g/mol. The van der Waals surface area contributed by atoms with E-state index in [2.05, 4.69) is 36.1 Å². The predicted octanol–water partition coefficient (Wildman–Crippen LogP) is 1.58. The summed E-state index contributed by atoms with van der Waals surface area (Å²) in [6.45, 7) is 6.50. The summed E-state index contributed by atoms with van der Waals surface area (Å²) in [5.41, 5.74) is 8.78. The van der Waals surface area contributed by atoms with Gasteiger partial charge in [-0.1, -0.05) is 31.2 Å². The van der Waals surface area contributed by atoms with E-state index in [1.807, 2.05) is 0 Å². The molecule has 17 heavy (non-hydrogen) atoms. The average molecular weight is 234 g/mol.